The summed E-state index contributed by atoms with van der Waals surface area (Å²) < 4.78 is 0. The van der Waals surface area contributed by atoms with Crippen molar-refractivity contribution in [3.8, 4) is 0 Å². The van der Waals surface area contributed by atoms with Crippen LogP contribution >= 0.6 is 0 Å². The van der Waals surface area contributed by atoms with E-state index in [9.17, 15) is 0 Å². The van der Waals surface area contributed by atoms with Crippen molar-refractivity contribution in [1.82, 2.24) is 0 Å². The average molecular weight is 289 g/mol. The van der Waals surface area contributed by atoms with Gasteiger partial charge in [0.05, 0.1) is 0 Å². The van der Waals surface area contributed by atoms with E-state index in [2.05, 4.69) is 45.9 Å². The van der Waals surface area contributed by atoms with Gasteiger partial charge in [-0.25, -0.2) is 0 Å². The van der Waals surface area contributed by atoms with Gasteiger partial charge in [-0.05, 0) is 55.3 Å². The number of hydrogen-bond donors (Lipinski definition) is 0. The summed E-state index contributed by atoms with van der Waals surface area (Å²) in [5.41, 5.74) is 1.79. The first-order chi connectivity index (χ1) is 10.1. The van der Waals surface area contributed by atoms with Gasteiger partial charge in [-0.3, -0.25) is 0 Å². The minimum atomic E-state index is 0.795. The first kappa shape index (κ1) is 16.8. The molecule has 1 fully saturated rings. The van der Waals surface area contributed by atoms with Crippen molar-refractivity contribution >= 4 is 0 Å². The third-order valence-corrected chi connectivity index (χ3v) is 5.87. The Morgan fingerprint density at radius 2 is 1.62 bits per heavy atom. The van der Waals surface area contributed by atoms with Crippen molar-refractivity contribution in [3.05, 3.63) is 23.8 Å². The summed E-state index contributed by atoms with van der Waals surface area (Å²) in [6, 6.07) is 0. The second-order valence-electron chi connectivity index (χ2n) is 8.04. The average Bonchev–Trinajstić information content (AvgIpc) is 2.77. The Morgan fingerprint density at radius 1 is 0.905 bits per heavy atom. The molecule has 21 heavy (non-hydrogen) atoms. The zero-order valence-electron chi connectivity index (χ0n) is 14.8. The summed E-state index contributed by atoms with van der Waals surface area (Å²) in [6.45, 7) is 9.73. The summed E-state index contributed by atoms with van der Waals surface area (Å²) in [5, 5.41) is 0. The Morgan fingerprint density at radius 3 is 2.33 bits per heavy atom. The molecule has 0 aromatic heterocycles. The van der Waals surface area contributed by atoms with Gasteiger partial charge in [0, 0.05) is 0 Å². The second-order valence-corrected chi connectivity index (χ2v) is 8.04. The highest BCUT2D eigenvalue weighted by Crippen LogP contribution is 2.49. The molecule has 0 spiro atoms. The van der Waals surface area contributed by atoms with Gasteiger partial charge in [-0.2, -0.15) is 0 Å². The van der Waals surface area contributed by atoms with Crippen LogP contribution in [0.5, 0.6) is 0 Å². The van der Waals surface area contributed by atoms with E-state index in [0.29, 0.717) is 0 Å². The molecule has 0 saturated heterocycles. The van der Waals surface area contributed by atoms with Crippen molar-refractivity contribution in [2.24, 2.45) is 29.6 Å². The minimum Gasteiger partial charge on any atom is -0.0845 e. The minimum absolute atomic E-state index is 0.795. The van der Waals surface area contributed by atoms with E-state index in [0.717, 1.165) is 29.6 Å². The van der Waals surface area contributed by atoms with Gasteiger partial charge in [0.2, 0.25) is 0 Å². The van der Waals surface area contributed by atoms with Gasteiger partial charge in [0.15, 0.2) is 0 Å². The number of allylic oxidation sites excluding steroid dienone is 4. The van der Waals surface area contributed by atoms with Crippen LogP contribution in [0.25, 0.3) is 0 Å². The molecular weight excluding hydrogens is 252 g/mol. The molecule has 2 rings (SSSR count). The third-order valence-electron chi connectivity index (χ3n) is 5.87. The number of fused-ring (bicyclic) bond motifs is 1. The van der Waals surface area contributed by atoms with Gasteiger partial charge in [-0.1, -0.05) is 77.2 Å². The van der Waals surface area contributed by atoms with Crippen molar-refractivity contribution in [1.29, 1.82) is 0 Å². The lowest BCUT2D eigenvalue weighted by molar-refractivity contribution is 0.283. The highest BCUT2D eigenvalue weighted by molar-refractivity contribution is 5.24. The maximum Gasteiger partial charge on any atom is -0.0166 e. The molecule has 0 aromatic carbocycles. The van der Waals surface area contributed by atoms with Crippen molar-refractivity contribution in [2.45, 2.75) is 79.1 Å². The molecule has 0 N–H and O–H groups in total. The van der Waals surface area contributed by atoms with Crippen LogP contribution < -0.4 is 0 Å². The molecule has 3 unspecified atom stereocenters. The van der Waals surface area contributed by atoms with E-state index >= 15 is 0 Å². The van der Waals surface area contributed by atoms with Gasteiger partial charge < -0.3 is 0 Å². The highest BCUT2D eigenvalue weighted by Gasteiger charge is 2.40. The van der Waals surface area contributed by atoms with Gasteiger partial charge in [-0.15, -0.1) is 0 Å². The molecule has 0 radical (unpaired) electrons. The molecule has 0 nitrogen and oxygen atoms in total. The standard InChI is InChI=1S/C21H36/c1-16(2)20-15-21(17(3)4)19-14-12-10-8-6-5-7-9-11-13-18(19)20/h9,11,13,16-17,19-21H,5-8,10,12,14-15H2,1-4H3/b11-9+,18-13?. The Bertz CT molecular complexity index is 358. The normalized spacial score (nSPS) is 33.2. The first-order valence-corrected chi connectivity index (χ1v) is 9.48. The van der Waals surface area contributed by atoms with Gasteiger partial charge in [0.25, 0.3) is 0 Å². The van der Waals surface area contributed by atoms with E-state index in [4.69, 9.17) is 0 Å². The van der Waals surface area contributed by atoms with Crippen LogP contribution in [-0.4, -0.2) is 0 Å². The SMILES string of the molecule is CC(C)C1CC(C(C)C)C2CCCCCCC/C=C/C=C12. The maximum atomic E-state index is 2.51. The Kier molecular flexibility index (Phi) is 6.58. The predicted octanol–water partition coefficient (Wildman–Crippen LogP) is 6.78. The van der Waals surface area contributed by atoms with Crippen LogP contribution in [0, 0.1) is 29.6 Å². The number of rotatable bonds is 2. The zero-order valence-corrected chi connectivity index (χ0v) is 14.8. The predicted molar refractivity (Wildman–Crippen MR) is 94.3 cm³/mol. The molecule has 0 heteroatoms. The lowest BCUT2D eigenvalue weighted by atomic mass is 9.81. The first-order valence-electron chi connectivity index (χ1n) is 9.48. The quantitative estimate of drug-likeness (QED) is 0.525. The molecule has 2 aliphatic carbocycles. The Labute approximate surface area is 133 Å². The monoisotopic (exact) mass is 288 g/mol. The molecule has 3 atom stereocenters. The fraction of sp³-hybridized carbons (Fsp3) is 0.810. The van der Waals surface area contributed by atoms with E-state index in [1.165, 1.54) is 51.4 Å². The molecule has 0 bridgehead atoms. The molecule has 0 aromatic rings. The maximum absolute atomic E-state index is 2.51. The van der Waals surface area contributed by atoms with Crippen LogP contribution in [0.3, 0.4) is 0 Å². The number of hydrogen-bond acceptors (Lipinski definition) is 0. The summed E-state index contributed by atoms with van der Waals surface area (Å²) in [5.74, 6) is 4.24. The summed E-state index contributed by atoms with van der Waals surface area (Å²) >= 11 is 0. The molecular formula is C21H36. The third kappa shape index (κ3) is 4.47. The Balaban J connectivity index is 2.23. The topological polar surface area (TPSA) is 0 Å². The van der Waals surface area contributed by atoms with Crippen LogP contribution in [0.15, 0.2) is 23.8 Å². The summed E-state index contributed by atoms with van der Waals surface area (Å²) in [7, 11) is 0. The van der Waals surface area contributed by atoms with Gasteiger partial charge in [0.1, 0.15) is 0 Å². The fourth-order valence-electron chi connectivity index (χ4n) is 4.57. The van der Waals surface area contributed by atoms with Crippen LogP contribution in [0.4, 0.5) is 0 Å². The van der Waals surface area contributed by atoms with E-state index in [-0.39, 0.29) is 0 Å². The summed E-state index contributed by atoms with van der Waals surface area (Å²) in [4.78, 5) is 0. The van der Waals surface area contributed by atoms with Gasteiger partial charge >= 0.3 is 0 Å². The summed E-state index contributed by atoms with van der Waals surface area (Å²) in [6.07, 6.45) is 18.6. The second kappa shape index (κ2) is 8.20. The van der Waals surface area contributed by atoms with E-state index < -0.39 is 0 Å². The molecule has 1 saturated carbocycles. The molecule has 2 aliphatic rings. The highest BCUT2D eigenvalue weighted by atomic mass is 14.4. The van der Waals surface area contributed by atoms with Crippen LogP contribution in [-0.2, 0) is 0 Å². The van der Waals surface area contributed by atoms with E-state index in [1.807, 2.05) is 0 Å². The lowest BCUT2D eigenvalue weighted by Crippen LogP contribution is -2.15. The van der Waals surface area contributed by atoms with Crippen molar-refractivity contribution in [3.63, 3.8) is 0 Å². The Hall–Kier alpha value is -0.520. The molecule has 0 aliphatic heterocycles. The van der Waals surface area contributed by atoms with Crippen molar-refractivity contribution in [2.75, 3.05) is 0 Å². The van der Waals surface area contributed by atoms with Crippen molar-refractivity contribution < 1.29 is 0 Å². The smallest absolute Gasteiger partial charge is 0.0166 e. The lowest BCUT2D eigenvalue weighted by Gasteiger charge is -2.24. The largest absolute Gasteiger partial charge is 0.0845 e. The van der Waals surface area contributed by atoms with Crippen LogP contribution in [0.1, 0.15) is 79.1 Å². The molecule has 120 valence electrons. The molecule has 0 amide bonds. The van der Waals surface area contributed by atoms with Crippen LogP contribution in [0.2, 0.25) is 0 Å². The fourth-order valence-corrected chi connectivity index (χ4v) is 4.57. The van der Waals surface area contributed by atoms with E-state index in [1.54, 1.807) is 5.57 Å². The molecule has 0 heterocycles. The zero-order chi connectivity index (χ0) is 15.2.